The number of aliphatic hydroxyl groups excluding tert-OH is 1. The highest BCUT2D eigenvalue weighted by atomic mass is 32.1. The summed E-state index contributed by atoms with van der Waals surface area (Å²) in [6.07, 6.45) is 0.541. The van der Waals surface area contributed by atoms with Gasteiger partial charge in [-0.1, -0.05) is 6.92 Å². The zero-order valence-electron chi connectivity index (χ0n) is 6.83. The van der Waals surface area contributed by atoms with Crippen LogP contribution in [0.5, 0.6) is 0 Å². The van der Waals surface area contributed by atoms with Crippen molar-refractivity contribution >= 4 is 18.6 Å². The Balaban J connectivity index is 4.39. The maximum atomic E-state index is 11.1. The standard InChI is InChI=1S/C7H14O3S/c1-3-7(4-8,5-11)6(9)10-2/h8,11H,3-5H2,1-2H3. The van der Waals surface area contributed by atoms with Gasteiger partial charge in [0.2, 0.25) is 0 Å². The number of esters is 1. The van der Waals surface area contributed by atoms with E-state index in [9.17, 15) is 4.79 Å². The molecule has 0 aromatic carbocycles. The molecule has 0 rings (SSSR count). The van der Waals surface area contributed by atoms with E-state index in [1.54, 1.807) is 0 Å². The van der Waals surface area contributed by atoms with E-state index in [1.165, 1.54) is 7.11 Å². The third-order valence-corrected chi connectivity index (χ3v) is 2.51. The van der Waals surface area contributed by atoms with Gasteiger partial charge in [0.15, 0.2) is 0 Å². The van der Waals surface area contributed by atoms with Gasteiger partial charge in [0.25, 0.3) is 0 Å². The van der Waals surface area contributed by atoms with Gasteiger partial charge in [0, 0.05) is 5.75 Å². The van der Waals surface area contributed by atoms with Gasteiger partial charge in [-0.2, -0.15) is 12.6 Å². The Morgan fingerprint density at radius 3 is 2.36 bits per heavy atom. The molecule has 1 N–H and O–H groups in total. The molecule has 0 aromatic heterocycles. The molecule has 0 fully saturated rings. The third-order valence-electron chi connectivity index (χ3n) is 1.90. The summed E-state index contributed by atoms with van der Waals surface area (Å²) in [4.78, 5) is 11.1. The molecular weight excluding hydrogens is 164 g/mol. The number of aliphatic hydroxyl groups is 1. The maximum absolute atomic E-state index is 11.1. The molecule has 0 aliphatic rings. The topological polar surface area (TPSA) is 46.5 Å². The van der Waals surface area contributed by atoms with Crippen LogP contribution < -0.4 is 0 Å². The number of carbonyl (C=O) groups excluding carboxylic acids is 1. The van der Waals surface area contributed by atoms with E-state index < -0.39 is 11.4 Å². The molecule has 0 radical (unpaired) electrons. The van der Waals surface area contributed by atoms with Gasteiger partial charge in [0.05, 0.1) is 19.1 Å². The fourth-order valence-corrected chi connectivity index (χ4v) is 1.22. The van der Waals surface area contributed by atoms with E-state index in [0.717, 1.165) is 0 Å². The van der Waals surface area contributed by atoms with E-state index in [2.05, 4.69) is 17.4 Å². The van der Waals surface area contributed by atoms with Gasteiger partial charge in [-0.25, -0.2) is 0 Å². The highest BCUT2D eigenvalue weighted by Gasteiger charge is 2.35. The summed E-state index contributed by atoms with van der Waals surface area (Å²) in [5, 5.41) is 8.93. The van der Waals surface area contributed by atoms with Gasteiger partial charge in [-0.05, 0) is 6.42 Å². The van der Waals surface area contributed by atoms with Crippen molar-refractivity contribution < 1.29 is 14.6 Å². The number of carbonyl (C=O) groups is 1. The number of rotatable bonds is 4. The normalized spacial score (nSPS) is 15.6. The lowest BCUT2D eigenvalue weighted by atomic mass is 9.88. The van der Waals surface area contributed by atoms with Crippen LogP contribution in [0.15, 0.2) is 0 Å². The quantitative estimate of drug-likeness (QED) is 0.486. The smallest absolute Gasteiger partial charge is 0.314 e. The molecule has 0 aliphatic carbocycles. The second-order valence-corrected chi connectivity index (χ2v) is 2.76. The number of hydrogen-bond donors (Lipinski definition) is 2. The van der Waals surface area contributed by atoms with Crippen LogP contribution in [0.1, 0.15) is 13.3 Å². The first kappa shape index (κ1) is 10.8. The van der Waals surface area contributed by atoms with Crippen LogP contribution >= 0.6 is 12.6 Å². The molecule has 0 saturated heterocycles. The minimum Gasteiger partial charge on any atom is -0.469 e. The Morgan fingerprint density at radius 1 is 1.73 bits per heavy atom. The second kappa shape index (κ2) is 4.62. The lowest BCUT2D eigenvalue weighted by Crippen LogP contribution is -2.37. The van der Waals surface area contributed by atoms with Crippen LogP contribution in [0.2, 0.25) is 0 Å². The predicted molar refractivity (Wildman–Crippen MR) is 45.7 cm³/mol. The highest BCUT2D eigenvalue weighted by Crippen LogP contribution is 2.24. The van der Waals surface area contributed by atoms with Gasteiger partial charge < -0.3 is 9.84 Å². The molecular formula is C7H14O3S. The molecule has 0 heterocycles. The fourth-order valence-electron chi connectivity index (χ4n) is 0.764. The van der Waals surface area contributed by atoms with Crippen LogP contribution in [0.4, 0.5) is 0 Å². The minimum atomic E-state index is -0.808. The molecule has 0 aliphatic heterocycles. The van der Waals surface area contributed by atoms with Crippen LogP contribution in [-0.4, -0.2) is 30.5 Å². The van der Waals surface area contributed by atoms with Crippen LogP contribution in [0.3, 0.4) is 0 Å². The first-order valence-electron chi connectivity index (χ1n) is 3.47. The molecule has 0 aromatic rings. The van der Waals surface area contributed by atoms with Crippen molar-refractivity contribution in [3.05, 3.63) is 0 Å². The average molecular weight is 178 g/mol. The number of hydrogen-bond acceptors (Lipinski definition) is 4. The van der Waals surface area contributed by atoms with Crippen molar-refractivity contribution in [2.75, 3.05) is 19.5 Å². The number of thiol groups is 1. The van der Waals surface area contributed by atoms with E-state index in [0.29, 0.717) is 12.2 Å². The molecule has 0 spiro atoms. The summed E-state index contributed by atoms with van der Waals surface area (Å²) in [7, 11) is 1.31. The van der Waals surface area contributed by atoms with Crippen molar-refractivity contribution in [3.8, 4) is 0 Å². The first-order valence-corrected chi connectivity index (χ1v) is 4.10. The zero-order valence-corrected chi connectivity index (χ0v) is 7.73. The third kappa shape index (κ3) is 2.10. The van der Waals surface area contributed by atoms with E-state index in [4.69, 9.17) is 5.11 Å². The second-order valence-electron chi connectivity index (χ2n) is 2.44. The van der Waals surface area contributed by atoms with Crippen molar-refractivity contribution in [1.82, 2.24) is 0 Å². The lowest BCUT2D eigenvalue weighted by molar-refractivity contribution is -0.153. The summed E-state index contributed by atoms with van der Waals surface area (Å²) in [5.74, 6) is -0.0790. The highest BCUT2D eigenvalue weighted by molar-refractivity contribution is 7.80. The van der Waals surface area contributed by atoms with E-state index in [1.807, 2.05) is 6.92 Å². The van der Waals surface area contributed by atoms with E-state index >= 15 is 0 Å². The summed E-state index contributed by atoms with van der Waals surface area (Å²) >= 11 is 3.99. The molecule has 11 heavy (non-hydrogen) atoms. The fraction of sp³-hybridized carbons (Fsp3) is 0.857. The molecule has 1 atom stereocenters. The average Bonchev–Trinajstić information content (AvgIpc) is 2.08. The van der Waals surface area contributed by atoms with Crippen LogP contribution in [0.25, 0.3) is 0 Å². The molecule has 0 saturated carbocycles. The summed E-state index contributed by atoms with van der Waals surface area (Å²) in [6.45, 7) is 1.61. The van der Waals surface area contributed by atoms with Crippen LogP contribution in [0, 0.1) is 5.41 Å². The molecule has 0 bridgehead atoms. The molecule has 3 nitrogen and oxygen atoms in total. The summed E-state index contributed by atoms with van der Waals surface area (Å²) in [6, 6.07) is 0. The minimum absolute atomic E-state index is 0.209. The Labute approximate surface area is 72.2 Å². The maximum Gasteiger partial charge on any atom is 0.314 e. The summed E-state index contributed by atoms with van der Waals surface area (Å²) in [5.41, 5.74) is -0.808. The SMILES string of the molecule is CCC(CO)(CS)C(=O)OC. The number of methoxy groups -OCH3 is 1. The zero-order chi connectivity index (χ0) is 8.91. The molecule has 4 heteroatoms. The molecule has 66 valence electrons. The Morgan fingerprint density at radius 2 is 2.27 bits per heavy atom. The van der Waals surface area contributed by atoms with Gasteiger partial charge in [-0.3, -0.25) is 4.79 Å². The largest absolute Gasteiger partial charge is 0.469 e. The monoisotopic (exact) mass is 178 g/mol. The Bertz CT molecular complexity index is 123. The van der Waals surface area contributed by atoms with Crippen molar-refractivity contribution in [3.63, 3.8) is 0 Å². The Kier molecular flexibility index (Phi) is 4.52. The van der Waals surface area contributed by atoms with Crippen molar-refractivity contribution in [1.29, 1.82) is 0 Å². The molecule has 0 amide bonds. The predicted octanol–water partition coefficient (Wildman–Crippen LogP) is 0.478. The van der Waals surface area contributed by atoms with Gasteiger partial charge in [-0.15, -0.1) is 0 Å². The van der Waals surface area contributed by atoms with Gasteiger partial charge in [0.1, 0.15) is 0 Å². The number of ether oxygens (including phenoxy) is 1. The van der Waals surface area contributed by atoms with Crippen LogP contribution in [-0.2, 0) is 9.53 Å². The van der Waals surface area contributed by atoms with Gasteiger partial charge >= 0.3 is 5.97 Å². The summed E-state index contributed by atoms with van der Waals surface area (Å²) < 4.78 is 4.54. The first-order chi connectivity index (χ1) is 5.16. The Hall–Kier alpha value is -0.220. The van der Waals surface area contributed by atoms with Crippen molar-refractivity contribution in [2.45, 2.75) is 13.3 Å². The lowest BCUT2D eigenvalue weighted by Gasteiger charge is -2.24. The van der Waals surface area contributed by atoms with E-state index in [-0.39, 0.29) is 6.61 Å². The van der Waals surface area contributed by atoms with Crippen molar-refractivity contribution in [2.24, 2.45) is 5.41 Å². The molecule has 1 unspecified atom stereocenters.